The highest BCUT2D eigenvalue weighted by atomic mass is 79.9. The number of methoxy groups -OCH3 is 2. The SMILES string of the molecule is COC1CN(c2ccc(Br)cc2CCl)CC1OC. The first-order valence-electron chi connectivity index (χ1n) is 5.84. The third kappa shape index (κ3) is 2.82. The number of rotatable bonds is 4. The van der Waals surface area contributed by atoms with Gasteiger partial charge in [0.2, 0.25) is 0 Å². The second-order valence-electron chi connectivity index (χ2n) is 4.36. The number of ether oxygens (including phenoxy) is 2. The highest BCUT2D eigenvalue weighted by molar-refractivity contribution is 9.10. The second kappa shape index (κ2) is 6.24. The van der Waals surface area contributed by atoms with E-state index in [1.165, 1.54) is 0 Å². The summed E-state index contributed by atoms with van der Waals surface area (Å²) >= 11 is 9.48. The molecule has 0 aromatic heterocycles. The van der Waals surface area contributed by atoms with Crippen LogP contribution in [0.1, 0.15) is 5.56 Å². The van der Waals surface area contributed by atoms with Crippen LogP contribution in [0.4, 0.5) is 5.69 Å². The second-order valence-corrected chi connectivity index (χ2v) is 5.54. The number of anilines is 1. The van der Waals surface area contributed by atoms with Crippen molar-refractivity contribution in [2.75, 3.05) is 32.2 Å². The van der Waals surface area contributed by atoms with E-state index in [1.807, 2.05) is 6.07 Å². The van der Waals surface area contributed by atoms with E-state index in [0.29, 0.717) is 5.88 Å². The van der Waals surface area contributed by atoms with Crippen LogP contribution in [0.2, 0.25) is 0 Å². The molecule has 2 rings (SSSR count). The minimum absolute atomic E-state index is 0.113. The number of benzene rings is 1. The number of hydrogen-bond donors (Lipinski definition) is 0. The summed E-state index contributed by atoms with van der Waals surface area (Å²) in [5, 5.41) is 0. The van der Waals surface area contributed by atoms with Gasteiger partial charge in [0.1, 0.15) is 12.2 Å². The average molecular weight is 335 g/mol. The quantitative estimate of drug-likeness (QED) is 0.790. The molecule has 1 saturated heterocycles. The van der Waals surface area contributed by atoms with Gasteiger partial charge in [0.05, 0.1) is 0 Å². The predicted octanol–water partition coefficient (Wildman–Crippen LogP) is 3.04. The number of halogens is 2. The highest BCUT2D eigenvalue weighted by Crippen LogP contribution is 2.30. The molecule has 0 spiro atoms. The van der Waals surface area contributed by atoms with Crippen molar-refractivity contribution in [2.45, 2.75) is 18.1 Å². The highest BCUT2D eigenvalue weighted by Gasteiger charge is 2.33. The van der Waals surface area contributed by atoms with Crippen LogP contribution >= 0.6 is 27.5 Å². The zero-order valence-corrected chi connectivity index (χ0v) is 12.9. The first-order chi connectivity index (χ1) is 8.69. The summed E-state index contributed by atoms with van der Waals surface area (Å²) in [4.78, 5) is 2.27. The van der Waals surface area contributed by atoms with Crippen LogP contribution < -0.4 is 4.90 Å². The van der Waals surface area contributed by atoms with Crippen molar-refractivity contribution in [3.8, 4) is 0 Å². The molecule has 0 radical (unpaired) electrons. The first-order valence-corrected chi connectivity index (χ1v) is 7.17. The summed E-state index contributed by atoms with van der Waals surface area (Å²) in [6.45, 7) is 1.67. The molecule has 100 valence electrons. The van der Waals surface area contributed by atoms with E-state index in [1.54, 1.807) is 14.2 Å². The smallest absolute Gasteiger partial charge is 0.102 e. The van der Waals surface area contributed by atoms with Gasteiger partial charge in [0, 0.05) is 43.3 Å². The maximum Gasteiger partial charge on any atom is 0.102 e. The summed E-state index contributed by atoms with van der Waals surface area (Å²) in [6.07, 6.45) is 0.226. The molecule has 0 amide bonds. The van der Waals surface area contributed by atoms with Crippen molar-refractivity contribution >= 4 is 33.2 Å². The molecule has 1 fully saturated rings. The Hall–Kier alpha value is -0.290. The number of alkyl halides is 1. The first kappa shape index (κ1) is 14.1. The molecule has 2 unspecified atom stereocenters. The van der Waals surface area contributed by atoms with Crippen LogP contribution in [-0.4, -0.2) is 39.5 Å². The molecule has 1 aliphatic heterocycles. The lowest BCUT2D eigenvalue weighted by molar-refractivity contribution is -0.00461. The largest absolute Gasteiger partial charge is 0.377 e. The standard InChI is InChI=1S/C13H17BrClNO2/c1-17-12-7-16(8-13(12)18-2)11-4-3-10(14)5-9(11)6-15/h3-5,12-13H,6-8H2,1-2H3. The Bertz CT molecular complexity index is 404. The van der Waals surface area contributed by atoms with Gasteiger partial charge in [-0.2, -0.15) is 0 Å². The topological polar surface area (TPSA) is 21.7 Å². The van der Waals surface area contributed by atoms with Crippen LogP contribution in [0.25, 0.3) is 0 Å². The van der Waals surface area contributed by atoms with Crippen LogP contribution in [-0.2, 0) is 15.4 Å². The molecule has 0 N–H and O–H groups in total. The molecule has 5 heteroatoms. The molecular weight excluding hydrogens is 318 g/mol. The van der Waals surface area contributed by atoms with E-state index >= 15 is 0 Å². The average Bonchev–Trinajstić information content (AvgIpc) is 2.81. The van der Waals surface area contributed by atoms with Gasteiger partial charge in [-0.15, -0.1) is 11.6 Å². The van der Waals surface area contributed by atoms with E-state index in [-0.39, 0.29) is 12.2 Å². The lowest BCUT2D eigenvalue weighted by Crippen LogP contribution is -2.27. The lowest BCUT2D eigenvalue weighted by atomic mass is 10.2. The minimum Gasteiger partial charge on any atom is -0.377 e. The molecule has 0 bridgehead atoms. The third-order valence-electron chi connectivity index (χ3n) is 3.35. The summed E-state index contributed by atoms with van der Waals surface area (Å²) in [5.41, 5.74) is 2.28. The molecule has 18 heavy (non-hydrogen) atoms. The normalized spacial score (nSPS) is 23.7. The Balaban J connectivity index is 2.22. The van der Waals surface area contributed by atoms with E-state index < -0.39 is 0 Å². The fraction of sp³-hybridized carbons (Fsp3) is 0.538. The summed E-state index contributed by atoms with van der Waals surface area (Å²) in [7, 11) is 3.45. The summed E-state index contributed by atoms with van der Waals surface area (Å²) in [5.74, 6) is 0.501. The number of hydrogen-bond acceptors (Lipinski definition) is 3. The summed E-state index contributed by atoms with van der Waals surface area (Å²) in [6, 6.07) is 6.18. The lowest BCUT2D eigenvalue weighted by Gasteiger charge is -2.21. The van der Waals surface area contributed by atoms with Crippen molar-refractivity contribution < 1.29 is 9.47 Å². The van der Waals surface area contributed by atoms with Crippen LogP contribution in [0.3, 0.4) is 0 Å². The van der Waals surface area contributed by atoms with Crippen LogP contribution in [0.5, 0.6) is 0 Å². The molecule has 2 atom stereocenters. The van der Waals surface area contributed by atoms with E-state index in [9.17, 15) is 0 Å². The van der Waals surface area contributed by atoms with Gasteiger partial charge in [-0.3, -0.25) is 0 Å². The monoisotopic (exact) mass is 333 g/mol. The molecule has 0 saturated carbocycles. The Morgan fingerprint density at radius 1 is 1.28 bits per heavy atom. The molecule has 1 aromatic carbocycles. The van der Waals surface area contributed by atoms with E-state index in [2.05, 4.69) is 33.0 Å². The van der Waals surface area contributed by atoms with Gasteiger partial charge >= 0.3 is 0 Å². The van der Waals surface area contributed by atoms with Crippen LogP contribution in [0.15, 0.2) is 22.7 Å². The van der Waals surface area contributed by atoms with Crippen molar-refractivity contribution in [3.05, 3.63) is 28.2 Å². The molecule has 1 aromatic rings. The molecule has 3 nitrogen and oxygen atoms in total. The Morgan fingerprint density at radius 2 is 1.89 bits per heavy atom. The molecule has 1 heterocycles. The molecule has 1 aliphatic rings. The van der Waals surface area contributed by atoms with Gasteiger partial charge < -0.3 is 14.4 Å². The minimum atomic E-state index is 0.113. The zero-order valence-electron chi connectivity index (χ0n) is 10.5. The van der Waals surface area contributed by atoms with Gasteiger partial charge in [-0.1, -0.05) is 15.9 Å². The van der Waals surface area contributed by atoms with E-state index in [0.717, 1.165) is 28.8 Å². The van der Waals surface area contributed by atoms with Gasteiger partial charge in [-0.05, 0) is 23.8 Å². The number of nitrogens with zero attached hydrogens (tertiary/aromatic N) is 1. The Morgan fingerprint density at radius 3 is 2.39 bits per heavy atom. The summed E-state index contributed by atoms with van der Waals surface area (Å²) < 4.78 is 12.0. The van der Waals surface area contributed by atoms with Gasteiger partial charge in [0.25, 0.3) is 0 Å². The van der Waals surface area contributed by atoms with Crippen molar-refractivity contribution in [2.24, 2.45) is 0 Å². The maximum absolute atomic E-state index is 6.01. The third-order valence-corrected chi connectivity index (χ3v) is 4.13. The Kier molecular flexibility index (Phi) is 4.90. The zero-order chi connectivity index (χ0) is 13.1. The molecular formula is C13H17BrClNO2. The van der Waals surface area contributed by atoms with Crippen molar-refractivity contribution in [1.82, 2.24) is 0 Å². The van der Waals surface area contributed by atoms with Crippen molar-refractivity contribution in [3.63, 3.8) is 0 Å². The van der Waals surface area contributed by atoms with E-state index in [4.69, 9.17) is 21.1 Å². The fourth-order valence-corrected chi connectivity index (χ4v) is 2.99. The van der Waals surface area contributed by atoms with Crippen LogP contribution in [0, 0.1) is 0 Å². The molecule has 0 aliphatic carbocycles. The predicted molar refractivity (Wildman–Crippen MR) is 77.5 cm³/mol. The van der Waals surface area contributed by atoms with Gasteiger partial charge in [0.15, 0.2) is 0 Å². The fourth-order valence-electron chi connectivity index (χ4n) is 2.36. The van der Waals surface area contributed by atoms with Gasteiger partial charge in [-0.25, -0.2) is 0 Å². The maximum atomic E-state index is 6.01. The Labute approximate surface area is 121 Å². The van der Waals surface area contributed by atoms with Crippen molar-refractivity contribution in [1.29, 1.82) is 0 Å².